The highest BCUT2D eigenvalue weighted by atomic mass is 16.3. The number of nitrogens with two attached hydrogens (primary N) is 1. The Balaban J connectivity index is 1.84. The molecule has 21 heavy (non-hydrogen) atoms. The van der Waals surface area contributed by atoms with Crippen molar-refractivity contribution in [3.8, 4) is 6.07 Å². The summed E-state index contributed by atoms with van der Waals surface area (Å²) in [6.45, 7) is 2.13. The summed E-state index contributed by atoms with van der Waals surface area (Å²) in [6, 6.07) is 8.18. The Morgan fingerprint density at radius 3 is 3.00 bits per heavy atom. The fourth-order valence-corrected chi connectivity index (χ4v) is 3.87. The summed E-state index contributed by atoms with van der Waals surface area (Å²) in [7, 11) is 0. The zero-order chi connectivity index (χ0) is 14.9. The zero-order valence-electron chi connectivity index (χ0n) is 12.4. The lowest BCUT2D eigenvalue weighted by Crippen LogP contribution is -2.53. The zero-order valence-corrected chi connectivity index (χ0v) is 12.4. The van der Waals surface area contributed by atoms with Gasteiger partial charge >= 0.3 is 0 Å². The van der Waals surface area contributed by atoms with Crippen LogP contribution in [0.5, 0.6) is 0 Å². The van der Waals surface area contributed by atoms with Gasteiger partial charge in [0.1, 0.15) is 6.07 Å². The minimum atomic E-state index is -0.473. The summed E-state index contributed by atoms with van der Waals surface area (Å²) in [5, 5.41) is 20.1. The molecule has 1 aromatic rings. The van der Waals surface area contributed by atoms with E-state index in [4.69, 9.17) is 5.73 Å². The first-order valence-corrected chi connectivity index (χ1v) is 7.87. The van der Waals surface area contributed by atoms with Gasteiger partial charge in [-0.15, -0.1) is 0 Å². The van der Waals surface area contributed by atoms with E-state index in [-0.39, 0.29) is 0 Å². The molecule has 2 fully saturated rings. The van der Waals surface area contributed by atoms with Crippen molar-refractivity contribution in [3.63, 3.8) is 0 Å². The first kappa shape index (κ1) is 14.4. The molecule has 1 saturated carbocycles. The minimum Gasteiger partial charge on any atom is -0.389 e. The van der Waals surface area contributed by atoms with E-state index in [1.165, 1.54) is 6.42 Å². The molecule has 1 aliphatic heterocycles. The monoisotopic (exact) mass is 285 g/mol. The maximum absolute atomic E-state index is 10.8. The quantitative estimate of drug-likeness (QED) is 0.873. The molecule has 1 heterocycles. The molecule has 0 spiro atoms. The van der Waals surface area contributed by atoms with E-state index in [0.717, 1.165) is 50.0 Å². The summed E-state index contributed by atoms with van der Waals surface area (Å²) in [4.78, 5) is 2.27. The molecule has 3 rings (SSSR count). The van der Waals surface area contributed by atoms with Gasteiger partial charge in [0.05, 0.1) is 16.9 Å². The van der Waals surface area contributed by atoms with Crippen molar-refractivity contribution in [2.75, 3.05) is 18.0 Å². The molecule has 4 heteroatoms. The van der Waals surface area contributed by atoms with Gasteiger partial charge in [0.15, 0.2) is 0 Å². The van der Waals surface area contributed by atoms with Crippen LogP contribution in [0, 0.1) is 17.2 Å². The van der Waals surface area contributed by atoms with Crippen LogP contribution in [-0.4, -0.2) is 23.8 Å². The molecule has 1 saturated heterocycles. The van der Waals surface area contributed by atoms with Gasteiger partial charge < -0.3 is 15.7 Å². The lowest BCUT2D eigenvalue weighted by molar-refractivity contribution is -0.0612. The number of fused-ring (bicyclic) bond motifs is 1. The van der Waals surface area contributed by atoms with E-state index in [1.807, 2.05) is 18.2 Å². The summed E-state index contributed by atoms with van der Waals surface area (Å²) < 4.78 is 0. The standard InChI is InChI=1S/C17H23N3O/c18-10-13-4-5-16(14(9-13)11-19)20-8-7-17(21)6-2-1-3-15(17)12-20/h4-5,9,15,21H,1-3,6-8,10,12,18H2. The molecule has 112 valence electrons. The van der Waals surface area contributed by atoms with Crippen LogP contribution in [0.3, 0.4) is 0 Å². The molecular formula is C17H23N3O. The highest BCUT2D eigenvalue weighted by Crippen LogP contribution is 2.41. The third-order valence-electron chi connectivity index (χ3n) is 5.19. The number of aliphatic hydroxyl groups is 1. The van der Waals surface area contributed by atoms with Crippen molar-refractivity contribution in [3.05, 3.63) is 29.3 Å². The number of benzene rings is 1. The van der Waals surface area contributed by atoms with Crippen LogP contribution in [0.1, 0.15) is 43.2 Å². The molecule has 2 aliphatic rings. The second kappa shape index (κ2) is 5.67. The second-order valence-corrected chi connectivity index (χ2v) is 6.41. The lowest BCUT2D eigenvalue weighted by atomic mass is 9.71. The molecule has 0 radical (unpaired) electrons. The van der Waals surface area contributed by atoms with Crippen LogP contribution in [0.4, 0.5) is 5.69 Å². The Bertz CT molecular complexity index is 566. The maximum Gasteiger partial charge on any atom is 0.101 e. The number of piperidine rings is 1. The van der Waals surface area contributed by atoms with Crippen LogP contribution in [-0.2, 0) is 6.54 Å². The summed E-state index contributed by atoms with van der Waals surface area (Å²) in [6.07, 6.45) is 5.18. The maximum atomic E-state index is 10.8. The summed E-state index contributed by atoms with van der Waals surface area (Å²) >= 11 is 0. The van der Waals surface area contributed by atoms with Crippen molar-refractivity contribution >= 4 is 5.69 Å². The predicted octanol–water partition coefficient (Wildman–Crippen LogP) is 2.15. The van der Waals surface area contributed by atoms with Gasteiger partial charge in [-0.3, -0.25) is 0 Å². The van der Waals surface area contributed by atoms with Gasteiger partial charge in [-0.25, -0.2) is 0 Å². The average Bonchev–Trinajstić information content (AvgIpc) is 2.53. The van der Waals surface area contributed by atoms with Crippen molar-refractivity contribution in [1.29, 1.82) is 5.26 Å². The minimum absolute atomic E-state index is 0.334. The molecule has 3 N–H and O–H groups in total. The van der Waals surface area contributed by atoms with E-state index in [0.29, 0.717) is 18.0 Å². The Hall–Kier alpha value is -1.57. The number of hydrogen-bond acceptors (Lipinski definition) is 4. The smallest absolute Gasteiger partial charge is 0.101 e. The molecule has 0 bridgehead atoms. The van der Waals surface area contributed by atoms with E-state index in [9.17, 15) is 10.4 Å². The van der Waals surface area contributed by atoms with E-state index >= 15 is 0 Å². The van der Waals surface area contributed by atoms with Gasteiger partial charge in [-0.05, 0) is 37.0 Å². The predicted molar refractivity (Wildman–Crippen MR) is 82.8 cm³/mol. The molecule has 2 atom stereocenters. The van der Waals surface area contributed by atoms with Crippen molar-refractivity contribution in [2.24, 2.45) is 11.7 Å². The molecule has 0 aromatic heterocycles. The SMILES string of the molecule is N#Cc1cc(CN)ccc1N1CCC2(O)CCCCC2C1. The molecule has 1 aromatic carbocycles. The highest BCUT2D eigenvalue weighted by molar-refractivity contribution is 5.61. The fourth-order valence-electron chi connectivity index (χ4n) is 3.87. The first-order valence-electron chi connectivity index (χ1n) is 7.87. The molecule has 4 nitrogen and oxygen atoms in total. The topological polar surface area (TPSA) is 73.3 Å². The Morgan fingerprint density at radius 1 is 1.38 bits per heavy atom. The highest BCUT2D eigenvalue weighted by Gasteiger charge is 2.42. The van der Waals surface area contributed by atoms with Crippen molar-refractivity contribution in [2.45, 2.75) is 44.2 Å². The van der Waals surface area contributed by atoms with Gasteiger partial charge in [0.25, 0.3) is 0 Å². The van der Waals surface area contributed by atoms with Crippen molar-refractivity contribution < 1.29 is 5.11 Å². The van der Waals surface area contributed by atoms with Crippen molar-refractivity contribution in [1.82, 2.24) is 0 Å². The van der Waals surface area contributed by atoms with Gasteiger partial charge in [-0.1, -0.05) is 18.9 Å². The molecular weight excluding hydrogens is 262 g/mol. The Morgan fingerprint density at radius 2 is 2.24 bits per heavy atom. The van der Waals surface area contributed by atoms with Crippen LogP contribution < -0.4 is 10.6 Å². The normalized spacial score (nSPS) is 28.8. The lowest BCUT2D eigenvalue weighted by Gasteiger charge is -2.48. The summed E-state index contributed by atoms with van der Waals surface area (Å²) in [5.74, 6) is 0.334. The van der Waals surface area contributed by atoms with Crippen LogP contribution in [0.2, 0.25) is 0 Å². The Kier molecular flexibility index (Phi) is 3.88. The van der Waals surface area contributed by atoms with E-state index < -0.39 is 5.60 Å². The Labute approximate surface area is 126 Å². The van der Waals surface area contributed by atoms with E-state index in [2.05, 4.69) is 11.0 Å². The number of nitrogens with zero attached hydrogens (tertiary/aromatic N) is 2. The first-order chi connectivity index (χ1) is 10.2. The molecule has 1 aliphatic carbocycles. The number of rotatable bonds is 2. The van der Waals surface area contributed by atoms with Crippen LogP contribution >= 0.6 is 0 Å². The van der Waals surface area contributed by atoms with Gasteiger partial charge in [-0.2, -0.15) is 5.26 Å². The van der Waals surface area contributed by atoms with Gasteiger partial charge in [0, 0.05) is 25.6 Å². The largest absolute Gasteiger partial charge is 0.389 e. The third-order valence-corrected chi connectivity index (χ3v) is 5.19. The molecule has 2 unspecified atom stereocenters. The fraction of sp³-hybridized carbons (Fsp3) is 0.588. The molecule has 0 amide bonds. The number of anilines is 1. The average molecular weight is 285 g/mol. The second-order valence-electron chi connectivity index (χ2n) is 6.41. The van der Waals surface area contributed by atoms with Crippen LogP contribution in [0.25, 0.3) is 0 Å². The number of hydrogen-bond donors (Lipinski definition) is 2. The summed E-state index contributed by atoms with van der Waals surface area (Å²) in [5.41, 5.74) is 7.85. The van der Waals surface area contributed by atoms with Gasteiger partial charge in [0.2, 0.25) is 0 Å². The van der Waals surface area contributed by atoms with E-state index in [1.54, 1.807) is 0 Å². The third kappa shape index (κ3) is 2.64. The number of nitriles is 1. The van der Waals surface area contributed by atoms with Crippen LogP contribution in [0.15, 0.2) is 18.2 Å².